The fraction of sp³-hybridized carbons (Fsp3) is 0.556. The molecule has 0 saturated carbocycles. The maximum Gasteiger partial charge on any atom is 0.319 e. The number of likely N-dealkylation sites (tertiary alicyclic amines) is 1. The van der Waals surface area contributed by atoms with E-state index in [1.165, 1.54) is 0 Å². The van der Waals surface area contributed by atoms with Gasteiger partial charge in [0.05, 0.1) is 17.5 Å². The highest BCUT2D eigenvalue weighted by atomic mass is 35.5. The van der Waals surface area contributed by atoms with E-state index in [1.54, 1.807) is 18.2 Å². The molecule has 1 fully saturated rings. The minimum atomic E-state index is -0.299. The van der Waals surface area contributed by atoms with Crippen molar-refractivity contribution in [2.45, 2.75) is 26.2 Å². The molecule has 7 nitrogen and oxygen atoms in total. The lowest BCUT2D eigenvalue weighted by Crippen LogP contribution is -2.44. The summed E-state index contributed by atoms with van der Waals surface area (Å²) in [6, 6.07) is 4.85. The number of nitrogens with one attached hydrogen (secondary N) is 2. The molecule has 26 heavy (non-hydrogen) atoms. The van der Waals surface area contributed by atoms with Crippen molar-refractivity contribution in [3.8, 4) is 5.75 Å². The lowest BCUT2D eigenvalue weighted by molar-refractivity contribution is -0.123. The number of benzene rings is 1. The average molecular weight is 383 g/mol. The van der Waals surface area contributed by atoms with Gasteiger partial charge in [0.2, 0.25) is 5.91 Å². The van der Waals surface area contributed by atoms with Crippen LogP contribution in [0.1, 0.15) is 26.2 Å². The SMILES string of the molecule is CCCOc1ccc(NC(=O)NCCN2CCC[C@@H](C(N)=O)C2)cc1Cl. The summed E-state index contributed by atoms with van der Waals surface area (Å²) in [6.07, 6.45) is 2.69. The third kappa shape index (κ3) is 6.38. The molecule has 0 bridgehead atoms. The Balaban J connectivity index is 1.73. The lowest BCUT2D eigenvalue weighted by Gasteiger charge is -2.31. The molecular formula is C18H27ClN4O3. The molecule has 1 aliphatic heterocycles. The van der Waals surface area contributed by atoms with Crippen LogP contribution < -0.4 is 21.1 Å². The van der Waals surface area contributed by atoms with Crippen molar-refractivity contribution in [1.29, 1.82) is 0 Å². The third-order valence-corrected chi connectivity index (χ3v) is 4.57. The zero-order valence-electron chi connectivity index (χ0n) is 15.1. The monoisotopic (exact) mass is 382 g/mol. The minimum Gasteiger partial charge on any atom is -0.492 e. The summed E-state index contributed by atoms with van der Waals surface area (Å²) in [5.41, 5.74) is 5.98. The normalized spacial score (nSPS) is 17.5. The minimum absolute atomic E-state index is 0.0897. The number of nitrogens with two attached hydrogens (primary N) is 1. The molecule has 3 amide bonds. The molecule has 0 radical (unpaired) electrons. The Morgan fingerprint density at radius 1 is 1.42 bits per heavy atom. The van der Waals surface area contributed by atoms with Crippen molar-refractivity contribution in [3.63, 3.8) is 0 Å². The van der Waals surface area contributed by atoms with Gasteiger partial charge in [-0.1, -0.05) is 18.5 Å². The third-order valence-electron chi connectivity index (χ3n) is 4.27. The quantitative estimate of drug-likeness (QED) is 0.643. The van der Waals surface area contributed by atoms with Crippen LogP contribution in [0.3, 0.4) is 0 Å². The highest BCUT2D eigenvalue weighted by Crippen LogP contribution is 2.27. The van der Waals surface area contributed by atoms with Crippen LogP contribution in [0.5, 0.6) is 5.75 Å². The average Bonchev–Trinajstić information content (AvgIpc) is 2.61. The van der Waals surface area contributed by atoms with Gasteiger partial charge in [0.25, 0.3) is 0 Å². The van der Waals surface area contributed by atoms with E-state index < -0.39 is 0 Å². The number of rotatable bonds is 8. The zero-order valence-corrected chi connectivity index (χ0v) is 15.8. The topological polar surface area (TPSA) is 96.7 Å². The van der Waals surface area contributed by atoms with Crippen LogP contribution in [0.2, 0.25) is 5.02 Å². The number of carbonyl (C=O) groups excluding carboxylic acids is 2. The number of hydrogen-bond donors (Lipinski definition) is 3. The molecule has 0 unspecified atom stereocenters. The fourth-order valence-corrected chi connectivity index (χ4v) is 3.14. The van der Waals surface area contributed by atoms with Crippen molar-refractivity contribution in [2.24, 2.45) is 11.7 Å². The number of halogens is 1. The second-order valence-electron chi connectivity index (χ2n) is 6.42. The number of carbonyl (C=O) groups is 2. The second-order valence-corrected chi connectivity index (χ2v) is 6.82. The van der Waals surface area contributed by atoms with Crippen LogP contribution in [-0.4, -0.2) is 49.6 Å². The van der Waals surface area contributed by atoms with Crippen LogP contribution >= 0.6 is 11.6 Å². The van der Waals surface area contributed by atoms with E-state index in [-0.39, 0.29) is 17.9 Å². The summed E-state index contributed by atoms with van der Waals surface area (Å²) in [4.78, 5) is 25.4. The number of hydrogen-bond acceptors (Lipinski definition) is 4. The molecular weight excluding hydrogens is 356 g/mol. The van der Waals surface area contributed by atoms with Gasteiger partial charge in [0, 0.05) is 25.3 Å². The summed E-state index contributed by atoms with van der Waals surface area (Å²) in [5.74, 6) is 0.269. The summed E-state index contributed by atoms with van der Waals surface area (Å²) in [7, 11) is 0. The van der Waals surface area contributed by atoms with Crippen molar-refractivity contribution in [3.05, 3.63) is 23.2 Å². The van der Waals surface area contributed by atoms with Gasteiger partial charge in [-0.25, -0.2) is 4.79 Å². The van der Waals surface area contributed by atoms with Crippen LogP contribution in [-0.2, 0) is 4.79 Å². The fourth-order valence-electron chi connectivity index (χ4n) is 2.90. The van der Waals surface area contributed by atoms with Gasteiger partial charge in [-0.2, -0.15) is 0 Å². The standard InChI is InChI=1S/C18H27ClN4O3/c1-2-10-26-16-6-5-14(11-15(16)19)22-18(25)21-7-9-23-8-3-4-13(12-23)17(20)24/h5-6,11,13H,2-4,7-10,12H2,1H3,(H2,20,24)(H2,21,22,25)/t13-/m1/s1. The Morgan fingerprint density at radius 3 is 2.92 bits per heavy atom. The Labute approximate surface area is 159 Å². The van der Waals surface area contributed by atoms with Crippen molar-refractivity contribution < 1.29 is 14.3 Å². The molecule has 2 rings (SSSR count). The summed E-state index contributed by atoms with van der Waals surface area (Å²) in [6.45, 7) is 5.37. The predicted molar refractivity (Wildman–Crippen MR) is 103 cm³/mol. The molecule has 0 aliphatic carbocycles. The van der Waals surface area contributed by atoms with Crippen LogP contribution in [0.4, 0.5) is 10.5 Å². The van der Waals surface area contributed by atoms with Gasteiger partial charge < -0.3 is 26.0 Å². The van der Waals surface area contributed by atoms with E-state index in [4.69, 9.17) is 22.1 Å². The number of ether oxygens (including phenoxy) is 1. The zero-order chi connectivity index (χ0) is 18.9. The van der Waals surface area contributed by atoms with E-state index in [2.05, 4.69) is 15.5 Å². The molecule has 1 aromatic rings. The van der Waals surface area contributed by atoms with Crippen molar-refractivity contribution in [2.75, 3.05) is 38.1 Å². The molecule has 4 N–H and O–H groups in total. The molecule has 1 saturated heterocycles. The number of amides is 3. The molecule has 1 atom stereocenters. The Hall–Kier alpha value is -1.99. The van der Waals surface area contributed by atoms with E-state index in [0.717, 1.165) is 25.8 Å². The molecule has 8 heteroatoms. The van der Waals surface area contributed by atoms with E-state index in [1.807, 2.05) is 6.92 Å². The van der Waals surface area contributed by atoms with Crippen LogP contribution in [0.15, 0.2) is 18.2 Å². The van der Waals surface area contributed by atoms with Crippen molar-refractivity contribution >= 4 is 29.2 Å². The number of anilines is 1. The number of piperidine rings is 1. The number of urea groups is 1. The van der Waals surface area contributed by atoms with Crippen LogP contribution in [0, 0.1) is 5.92 Å². The predicted octanol–water partition coefficient (Wildman–Crippen LogP) is 2.45. The van der Waals surface area contributed by atoms with E-state index in [9.17, 15) is 9.59 Å². The first-order chi connectivity index (χ1) is 12.5. The molecule has 0 spiro atoms. The van der Waals surface area contributed by atoms with E-state index >= 15 is 0 Å². The lowest BCUT2D eigenvalue weighted by atomic mass is 9.97. The van der Waals surface area contributed by atoms with Gasteiger partial charge in [-0.05, 0) is 44.0 Å². The van der Waals surface area contributed by atoms with Crippen LogP contribution in [0.25, 0.3) is 0 Å². The highest BCUT2D eigenvalue weighted by molar-refractivity contribution is 6.32. The smallest absolute Gasteiger partial charge is 0.319 e. The van der Waals surface area contributed by atoms with Gasteiger partial charge in [-0.15, -0.1) is 0 Å². The summed E-state index contributed by atoms with van der Waals surface area (Å²) in [5, 5.41) is 6.02. The first-order valence-corrected chi connectivity index (χ1v) is 9.36. The molecule has 144 valence electrons. The van der Waals surface area contributed by atoms with E-state index in [0.29, 0.717) is 42.7 Å². The Kier molecular flexibility index (Phi) is 8.00. The van der Waals surface area contributed by atoms with Gasteiger partial charge >= 0.3 is 6.03 Å². The Bertz CT molecular complexity index is 626. The molecule has 1 heterocycles. The van der Waals surface area contributed by atoms with Crippen molar-refractivity contribution in [1.82, 2.24) is 10.2 Å². The Morgan fingerprint density at radius 2 is 2.23 bits per heavy atom. The second kappa shape index (κ2) is 10.2. The molecule has 1 aliphatic rings. The summed E-state index contributed by atoms with van der Waals surface area (Å²) < 4.78 is 5.50. The maximum absolute atomic E-state index is 12.0. The maximum atomic E-state index is 12.0. The first kappa shape index (κ1) is 20.3. The number of nitrogens with zero attached hydrogens (tertiary/aromatic N) is 1. The largest absolute Gasteiger partial charge is 0.492 e. The highest BCUT2D eigenvalue weighted by Gasteiger charge is 2.23. The summed E-state index contributed by atoms with van der Waals surface area (Å²) >= 11 is 6.15. The first-order valence-electron chi connectivity index (χ1n) is 8.98. The molecule has 1 aromatic carbocycles. The van der Waals surface area contributed by atoms with Gasteiger partial charge in [0.1, 0.15) is 5.75 Å². The molecule has 0 aromatic heterocycles. The van der Waals surface area contributed by atoms with Gasteiger partial charge in [0.15, 0.2) is 0 Å². The van der Waals surface area contributed by atoms with Gasteiger partial charge in [-0.3, -0.25) is 4.79 Å². The number of primary amides is 1.